The molecule has 0 aromatic heterocycles. The van der Waals surface area contributed by atoms with Gasteiger partial charge in [0.2, 0.25) is 0 Å². The van der Waals surface area contributed by atoms with Crippen LogP contribution in [0.2, 0.25) is 0 Å². The van der Waals surface area contributed by atoms with Crippen LogP contribution >= 0.6 is 0 Å². The van der Waals surface area contributed by atoms with Crippen molar-refractivity contribution >= 4 is 12.2 Å². The third-order valence-electron chi connectivity index (χ3n) is 3.27. The maximum Gasteiger partial charge on any atom is 0.254 e. The van der Waals surface area contributed by atoms with E-state index in [0.717, 1.165) is 44.2 Å². The highest BCUT2D eigenvalue weighted by Gasteiger charge is 2.25. The number of carbonyl (C=O) groups is 2. The zero-order chi connectivity index (χ0) is 12.3. The second-order valence-electron chi connectivity index (χ2n) is 4.39. The summed E-state index contributed by atoms with van der Waals surface area (Å²) in [5.41, 5.74) is 2.28. The minimum absolute atomic E-state index is 0.0726. The Kier molecular flexibility index (Phi) is 3.57. The molecule has 0 fully saturated rings. The minimum Gasteiger partial charge on any atom is -0.338 e. The summed E-state index contributed by atoms with van der Waals surface area (Å²) in [6.07, 6.45) is 3.76. The summed E-state index contributed by atoms with van der Waals surface area (Å²) in [5, 5.41) is 0. The SMILES string of the molecule is CCCCN1CCc2c(C=O)cccc2C1=O. The largest absolute Gasteiger partial charge is 0.338 e. The van der Waals surface area contributed by atoms with Gasteiger partial charge in [0.1, 0.15) is 6.29 Å². The molecule has 0 aliphatic carbocycles. The monoisotopic (exact) mass is 231 g/mol. The van der Waals surface area contributed by atoms with Crippen LogP contribution in [0.5, 0.6) is 0 Å². The fourth-order valence-electron chi connectivity index (χ4n) is 2.28. The molecule has 90 valence electrons. The van der Waals surface area contributed by atoms with Crippen molar-refractivity contribution in [2.75, 3.05) is 13.1 Å². The van der Waals surface area contributed by atoms with Gasteiger partial charge in [-0.25, -0.2) is 0 Å². The first-order valence-electron chi connectivity index (χ1n) is 6.14. The maximum atomic E-state index is 12.2. The molecule has 0 atom stereocenters. The highest BCUT2D eigenvalue weighted by molar-refractivity contribution is 5.99. The zero-order valence-electron chi connectivity index (χ0n) is 10.1. The third kappa shape index (κ3) is 2.23. The second-order valence-corrected chi connectivity index (χ2v) is 4.39. The summed E-state index contributed by atoms with van der Waals surface area (Å²) in [6, 6.07) is 5.38. The summed E-state index contributed by atoms with van der Waals surface area (Å²) in [4.78, 5) is 25.0. The molecule has 1 aromatic carbocycles. The first-order chi connectivity index (χ1) is 8.27. The lowest BCUT2D eigenvalue weighted by Crippen LogP contribution is -2.38. The normalized spacial score (nSPS) is 14.6. The number of amides is 1. The smallest absolute Gasteiger partial charge is 0.254 e. The summed E-state index contributed by atoms with van der Waals surface area (Å²) in [6.45, 7) is 3.67. The van der Waals surface area contributed by atoms with Gasteiger partial charge in [-0.05, 0) is 24.5 Å². The molecular weight excluding hydrogens is 214 g/mol. The van der Waals surface area contributed by atoms with Crippen LogP contribution in [0, 0.1) is 0 Å². The number of hydrogen-bond donors (Lipinski definition) is 0. The van der Waals surface area contributed by atoms with Crippen LogP contribution in [0.1, 0.15) is 46.0 Å². The number of rotatable bonds is 4. The van der Waals surface area contributed by atoms with E-state index >= 15 is 0 Å². The quantitative estimate of drug-likeness (QED) is 0.746. The van der Waals surface area contributed by atoms with Crippen molar-refractivity contribution in [3.8, 4) is 0 Å². The standard InChI is InChI=1S/C14H17NO2/c1-2-3-8-15-9-7-12-11(10-16)5-4-6-13(12)14(15)17/h4-6,10H,2-3,7-9H2,1H3. The van der Waals surface area contributed by atoms with Gasteiger partial charge in [-0.3, -0.25) is 9.59 Å². The van der Waals surface area contributed by atoms with Crippen LogP contribution in [-0.2, 0) is 6.42 Å². The number of nitrogens with zero attached hydrogens (tertiary/aromatic N) is 1. The number of fused-ring (bicyclic) bond motifs is 1. The summed E-state index contributed by atoms with van der Waals surface area (Å²) < 4.78 is 0. The number of hydrogen-bond acceptors (Lipinski definition) is 2. The van der Waals surface area contributed by atoms with Gasteiger partial charge in [-0.1, -0.05) is 25.5 Å². The average molecular weight is 231 g/mol. The molecule has 0 saturated carbocycles. The fraction of sp³-hybridized carbons (Fsp3) is 0.429. The van der Waals surface area contributed by atoms with Gasteiger partial charge >= 0.3 is 0 Å². The molecule has 2 rings (SSSR count). The van der Waals surface area contributed by atoms with Gasteiger partial charge in [0.05, 0.1) is 0 Å². The molecule has 1 amide bonds. The van der Waals surface area contributed by atoms with E-state index in [1.54, 1.807) is 12.1 Å². The van der Waals surface area contributed by atoms with Crippen molar-refractivity contribution in [1.82, 2.24) is 4.90 Å². The summed E-state index contributed by atoms with van der Waals surface area (Å²) in [7, 11) is 0. The number of aldehydes is 1. The lowest BCUT2D eigenvalue weighted by Gasteiger charge is -2.29. The second kappa shape index (κ2) is 5.13. The molecule has 0 radical (unpaired) electrons. The lowest BCUT2D eigenvalue weighted by atomic mass is 9.94. The summed E-state index contributed by atoms with van der Waals surface area (Å²) in [5.74, 6) is 0.0726. The van der Waals surface area contributed by atoms with Crippen LogP contribution < -0.4 is 0 Å². The molecule has 0 bridgehead atoms. The van der Waals surface area contributed by atoms with Gasteiger partial charge in [-0.2, -0.15) is 0 Å². The fourth-order valence-corrected chi connectivity index (χ4v) is 2.28. The van der Waals surface area contributed by atoms with Crippen molar-refractivity contribution in [2.24, 2.45) is 0 Å². The van der Waals surface area contributed by atoms with Crippen molar-refractivity contribution in [2.45, 2.75) is 26.2 Å². The van der Waals surface area contributed by atoms with Crippen LogP contribution in [0.4, 0.5) is 0 Å². The highest BCUT2D eigenvalue weighted by Crippen LogP contribution is 2.21. The van der Waals surface area contributed by atoms with Crippen molar-refractivity contribution < 1.29 is 9.59 Å². The molecule has 1 aliphatic rings. The van der Waals surface area contributed by atoms with Crippen LogP contribution in [-0.4, -0.2) is 30.2 Å². The summed E-state index contributed by atoms with van der Waals surface area (Å²) >= 11 is 0. The third-order valence-corrected chi connectivity index (χ3v) is 3.27. The van der Waals surface area contributed by atoms with Gasteiger partial charge < -0.3 is 4.90 Å². The average Bonchev–Trinajstić information content (AvgIpc) is 2.37. The molecule has 0 spiro atoms. The van der Waals surface area contributed by atoms with E-state index in [9.17, 15) is 9.59 Å². The molecule has 17 heavy (non-hydrogen) atoms. The van der Waals surface area contributed by atoms with Crippen molar-refractivity contribution in [1.29, 1.82) is 0 Å². The molecule has 0 unspecified atom stereocenters. The van der Waals surface area contributed by atoms with E-state index in [-0.39, 0.29) is 5.91 Å². The van der Waals surface area contributed by atoms with E-state index in [0.29, 0.717) is 11.1 Å². The predicted octanol–water partition coefficient (Wildman–Crippen LogP) is 2.30. The zero-order valence-corrected chi connectivity index (χ0v) is 10.1. The Bertz CT molecular complexity index is 440. The van der Waals surface area contributed by atoms with Gasteiger partial charge in [0, 0.05) is 24.2 Å². The van der Waals surface area contributed by atoms with Gasteiger partial charge in [0.15, 0.2) is 0 Å². The Morgan fingerprint density at radius 3 is 2.94 bits per heavy atom. The first-order valence-corrected chi connectivity index (χ1v) is 6.14. The topological polar surface area (TPSA) is 37.4 Å². The molecule has 1 aromatic rings. The molecule has 3 heteroatoms. The van der Waals surface area contributed by atoms with Gasteiger partial charge in [-0.15, -0.1) is 0 Å². The molecule has 3 nitrogen and oxygen atoms in total. The Balaban J connectivity index is 2.27. The predicted molar refractivity (Wildman–Crippen MR) is 66.3 cm³/mol. The highest BCUT2D eigenvalue weighted by atomic mass is 16.2. The minimum atomic E-state index is 0.0726. The Hall–Kier alpha value is -1.64. The molecule has 1 aliphatic heterocycles. The molecular formula is C14H17NO2. The van der Waals surface area contributed by atoms with Crippen LogP contribution in [0.15, 0.2) is 18.2 Å². The number of benzene rings is 1. The first kappa shape index (κ1) is 11.8. The molecule has 0 N–H and O–H groups in total. The van der Waals surface area contributed by atoms with E-state index in [2.05, 4.69) is 6.92 Å². The molecule has 1 heterocycles. The Morgan fingerprint density at radius 1 is 1.41 bits per heavy atom. The van der Waals surface area contributed by atoms with E-state index in [1.165, 1.54) is 0 Å². The van der Waals surface area contributed by atoms with Gasteiger partial charge in [0.25, 0.3) is 5.91 Å². The number of unbranched alkanes of at least 4 members (excludes halogenated alkanes) is 1. The van der Waals surface area contributed by atoms with E-state index in [4.69, 9.17) is 0 Å². The van der Waals surface area contributed by atoms with Crippen molar-refractivity contribution in [3.05, 3.63) is 34.9 Å². The molecule has 0 saturated heterocycles. The van der Waals surface area contributed by atoms with E-state index in [1.807, 2.05) is 11.0 Å². The number of carbonyl (C=O) groups excluding carboxylic acids is 2. The maximum absolute atomic E-state index is 12.2. The lowest BCUT2D eigenvalue weighted by molar-refractivity contribution is 0.0737. The van der Waals surface area contributed by atoms with Crippen LogP contribution in [0.3, 0.4) is 0 Å². The van der Waals surface area contributed by atoms with Crippen LogP contribution in [0.25, 0.3) is 0 Å². The van der Waals surface area contributed by atoms with E-state index < -0.39 is 0 Å². The Morgan fingerprint density at radius 2 is 2.24 bits per heavy atom. The van der Waals surface area contributed by atoms with Crippen molar-refractivity contribution in [3.63, 3.8) is 0 Å². The Labute approximate surface area is 101 Å².